The summed E-state index contributed by atoms with van der Waals surface area (Å²) >= 11 is 0. The number of carboxylic acids is 2. The van der Waals surface area contributed by atoms with Gasteiger partial charge in [-0.2, -0.15) is 0 Å². The maximum atomic E-state index is 11.4. The standard InChI is InChI=1S/C8H13O9P/c1-2-16-4-17-18(14,15)3-5(7(10)11)6(9)8(12)13/h5H,2-4H2,1H3,(H,10,11)(H,12,13)(H,14,15). The first-order valence-electron chi connectivity index (χ1n) is 4.75. The topological polar surface area (TPSA) is 147 Å². The van der Waals surface area contributed by atoms with Gasteiger partial charge < -0.3 is 19.8 Å². The smallest absolute Gasteiger partial charge is 0.373 e. The van der Waals surface area contributed by atoms with Crippen molar-refractivity contribution in [3.63, 3.8) is 0 Å². The van der Waals surface area contributed by atoms with Crippen LogP contribution in [0, 0.1) is 5.92 Å². The van der Waals surface area contributed by atoms with Crippen LogP contribution in [0.25, 0.3) is 0 Å². The third-order valence-electron chi connectivity index (χ3n) is 1.78. The molecule has 104 valence electrons. The predicted molar refractivity (Wildman–Crippen MR) is 56.0 cm³/mol. The summed E-state index contributed by atoms with van der Waals surface area (Å²) in [6.45, 7) is 1.24. The third-order valence-corrected chi connectivity index (χ3v) is 3.12. The lowest BCUT2D eigenvalue weighted by Crippen LogP contribution is -2.32. The number of hydrogen-bond acceptors (Lipinski definition) is 6. The molecule has 0 saturated heterocycles. The largest absolute Gasteiger partial charge is 0.481 e. The summed E-state index contributed by atoms with van der Waals surface area (Å²) in [6.07, 6.45) is -1.12. The second-order valence-corrected chi connectivity index (χ2v) is 5.02. The zero-order valence-corrected chi connectivity index (χ0v) is 10.3. The first-order valence-corrected chi connectivity index (χ1v) is 6.51. The van der Waals surface area contributed by atoms with Crippen molar-refractivity contribution in [2.75, 3.05) is 19.6 Å². The fourth-order valence-corrected chi connectivity index (χ4v) is 2.04. The Hall–Kier alpha value is -1.28. The molecule has 0 aliphatic heterocycles. The molecule has 2 atom stereocenters. The van der Waals surface area contributed by atoms with E-state index in [1.54, 1.807) is 6.92 Å². The van der Waals surface area contributed by atoms with Crippen LogP contribution in [0.15, 0.2) is 0 Å². The molecule has 10 heteroatoms. The highest BCUT2D eigenvalue weighted by Crippen LogP contribution is 2.43. The number of ether oxygens (including phenoxy) is 1. The first-order chi connectivity index (χ1) is 8.21. The van der Waals surface area contributed by atoms with Crippen LogP contribution in [0.1, 0.15) is 6.92 Å². The van der Waals surface area contributed by atoms with Gasteiger partial charge in [0.2, 0.25) is 0 Å². The molecular weight excluding hydrogens is 271 g/mol. The molecule has 0 spiro atoms. The number of Topliss-reactive ketones (excluding diaryl/α,β-unsaturated/α-hetero) is 1. The molecule has 0 aliphatic carbocycles. The molecule has 2 unspecified atom stereocenters. The minimum Gasteiger partial charge on any atom is -0.481 e. The van der Waals surface area contributed by atoms with E-state index in [1.807, 2.05) is 0 Å². The second-order valence-electron chi connectivity index (χ2n) is 3.12. The number of hydrogen-bond donors (Lipinski definition) is 3. The SMILES string of the molecule is CCOCOP(=O)(O)CC(C(=O)O)C(=O)C(=O)O. The number of aliphatic carboxylic acids is 2. The van der Waals surface area contributed by atoms with Crippen LogP contribution in [-0.4, -0.2) is 52.4 Å². The minimum atomic E-state index is -4.42. The lowest BCUT2D eigenvalue weighted by Gasteiger charge is -2.14. The molecule has 3 N–H and O–H groups in total. The summed E-state index contributed by atoms with van der Waals surface area (Å²) in [7, 11) is -4.42. The number of ketones is 1. The van der Waals surface area contributed by atoms with Gasteiger partial charge in [-0.25, -0.2) is 4.79 Å². The van der Waals surface area contributed by atoms with E-state index in [1.165, 1.54) is 0 Å². The highest BCUT2D eigenvalue weighted by molar-refractivity contribution is 7.52. The van der Waals surface area contributed by atoms with Gasteiger partial charge >= 0.3 is 19.5 Å². The lowest BCUT2D eigenvalue weighted by atomic mass is 10.1. The average molecular weight is 284 g/mol. The Bertz CT molecular complexity index is 377. The second kappa shape index (κ2) is 7.22. The van der Waals surface area contributed by atoms with Gasteiger partial charge in [-0.05, 0) is 6.92 Å². The van der Waals surface area contributed by atoms with Gasteiger partial charge in [0, 0.05) is 6.61 Å². The summed E-state index contributed by atoms with van der Waals surface area (Å²) in [5.41, 5.74) is 0. The Morgan fingerprint density at radius 2 is 1.83 bits per heavy atom. The highest BCUT2D eigenvalue weighted by atomic mass is 31.2. The van der Waals surface area contributed by atoms with E-state index in [2.05, 4.69) is 9.26 Å². The zero-order valence-electron chi connectivity index (χ0n) is 9.44. The number of carbonyl (C=O) groups is 3. The van der Waals surface area contributed by atoms with E-state index < -0.39 is 44.2 Å². The zero-order chi connectivity index (χ0) is 14.3. The van der Waals surface area contributed by atoms with Crippen molar-refractivity contribution >= 4 is 25.3 Å². The van der Waals surface area contributed by atoms with Gasteiger partial charge in [-0.3, -0.25) is 18.7 Å². The van der Waals surface area contributed by atoms with Crippen molar-refractivity contribution in [3.8, 4) is 0 Å². The molecule has 18 heavy (non-hydrogen) atoms. The Kier molecular flexibility index (Phi) is 6.71. The van der Waals surface area contributed by atoms with Gasteiger partial charge in [0.15, 0.2) is 6.79 Å². The summed E-state index contributed by atoms with van der Waals surface area (Å²) < 4.78 is 20.4. The van der Waals surface area contributed by atoms with E-state index in [4.69, 9.17) is 10.2 Å². The third kappa shape index (κ3) is 5.87. The van der Waals surface area contributed by atoms with Gasteiger partial charge in [0.25, 0.3) is 5.78 Å². The maximum Gasteiger partial charge on any atom is 0.373 e. The maximum absolute atomic E-state index is 11.4. The summed E-state index contributed by atoms with van der Waals surface area (Å²) in [5, 5.41) is 17.0. The van der Waals surface area contributed by atoms with Crippen LogP contribution in [-0.2, 0) is 28.2 Å². The van der Waals surface area contributed by atoms with Gasteiger partial charge in [0.1, 0.15) is 5.92 Å². The predicted octanol–water partition coefficient (Wildman–Crippen LogP) is -0.463. The molecule has 0 radical (unpaired) electrons. The molecule has 0 aliphatic rings. The molecule has 0 fully saturated rings. The van der Waals surface area contributed by atoms with Crippen molar-refractivity contribution < 1.29 is 43.3 Å². The van der Waals surface area contributed by atoms with Crippen LogP contribution in [0.4, 0.5) is 0 Å². The monoisotopic (exact) mass is 284 g/mol. The summed E-state index contributed by atoms with van der Waals surface area (Å²) in [6, 6.07) is 0. The lowest BCUT2D eigenvalue weighted by molar-refractivity contribution is -0.156. The molecule has 0 saturated carbocycles. The number of rotatable bonds is 9. The minimum absolute atomic E-state index is 0.205. The van der Waals surface area contributed by atoms with Crippen LogP contribution in [0.5, 0.6) is 0 Å². The van der Waals surface area contributed by atoms with Gasteiger partial charge in [0.05, 0.1) is 6.16 Å². The van der Waals surface area contributed by atoms with Crippen molar-refractivity contribution in [2.24, 2.45) is 5.92 Å². The molecule has 0 aromatic rings. The summed E-state index contributed by atoms with van der Waals surface area (Å²) in [5.74, 6) is -7.62. The fraction of sp³-hybridized carbons (Fsp3) is 0.625. The molecule has 0 heterocycles. The molecule has 9 nitrogen and oxygen atoms in total. The van der Waals surface area contributed by atoms with Crippen molar-refractivity contribution in [1.82, 2.24) is 0 Å². The Balaban J connectivity index is 4.68. The van der Waals surface area contributed by atoms with Crippen molar-refractivity contribution in [3.05, 3.63) is 0 Å². The molecular formula is C8H13O9P. The van der Waals surface area contributed by atoms with Crippen LogP contribution in [0.3, 0.4) is 0 Å². The quantitative estimate of drug-likeness (QED) is 0.168. The van der Waals surface area contributed by atoms with Gasteiger partial charge in [-0.15, -0.1) is 0 Å². The number of carboxylic acid groups (broad SMARTS) is 2. The normalized spacial score (nSPS) is 15.7. The highest BCUT2D eigenvalue weighted by Gasteiger charge is 2.38. The fourth-order valence-electron chi connectivity index (χ4n) is 0.909. The van der Waals surface area contributed by atoms with Crippen molar-refractivity contribution in [1.29, 1.82) is 0 Å². The van der Waals surface area contributed by atoms with E-state index in [-0.39, 0.29) is 6.61 Å². The Morgan fingerprint density at radius 1 is 1.28 bits per heavy atom. The number of carbonyl (C=O) groups excluding carboxylic acids is 1. The van der Waals surface area contributed by atoms with Crippen molar-refractivity contribution in [2.45, 2.75) is 6.92 Å². The Morgan fingerprint density at radius 3 is 2.22 bits per heavy atom. The van der Waals surface area contributed by atoms with E-state index in [0.29, 0.717) is 0 Å². The molecule has 0 aromatic carbocycles. The summed E-state index contributed by atoms with van der Waals surface area (Å²) in [4.78, 5) is 41.2. The van der Waals surface area contributed by atoms with Gasteiger partial charge in [-0.1, -0.05) is 0 Å². The molecule has 0 bridgehead atoms. The van der Waals surface area contributed by atoms with E-state index in [9.17, 15) is 23.8 Å². The van der Waals surface area contributed by atoms with Crippen LogP contribution in [0.2, 0.25) is 0 Å². The molecule has 0 rings (SSSR count). The average Bonchev–Trinajstić information content (AvgIpc) is 2.24. The first kappa shape index (κ1) is 16.7. The van der Waals surface area contributed by atoms with Crippen LogP contribution < -0.4 is 0 Å². The van der Waals surface area contributed by atoms with Crippen LogP contribution >= 0.6 is 7.60 Å². The van der Waals surface area contributed by atoms with E-state index >= 15 is 0 Å². The molecule has 0 aromatic heterocycles. The Labute approximate surface area is 102 Å². The molecule has 0 amide bonds. The van der Waals surface area contributed by atoms with E-state index in [0.717, 1.165) is 0 Å².